The first kappa shape index (κ1) is 24.6. The first-order valence-corrected chi connectivity index (χ1v) is 10.5. The molecule has 0 spiro atoms. The molecule has 0 saturated carbocycles. The molecule has 0 radical (unpaired) electrons. The number of quaternary nitrogens is 1. The molecule has 28 heavy (non-hydrogen) atoms. The molecule has 0 amide bonds. The largest absolute Gasteiger partial charge is 0.488 e. The minimum absolute atomic E-state index is 0.134. The lowest BCUT2D eigenvalue weighted by atomic mass is 9.80. The van der Waals surface area contributed by atoms with E-state index in [2.05, 4.69) is 39.5 Å². The highest BCUT2D eigenvalue weighted by Crippen LogP contribution is 2.14. The van der Waals surface area contributed by atoms with Crippen molar-refractivity contribution in [2.75, 3.05) is 39.3 Å². The van der Waals surface area contributed by atoms with Gasteiger partial charge in [-0.1, -0.05) is 31.2 Å². The van der Waals surface area contributed by atoms with Crippen LogP contribution in [-0.4, -0.2) is 77.9 Å². The topological polar surface area (TPSA) is 70.0 Å². The molecule has 1 aromatic carbocycles. The molecule has 7 heteroatoms. The van der Waals surface area contributed by atoms with Gasteiger partial charge in [0.1, 0.15) is 19.7 Å². The third-order valence-corrected chi connectivity index (χ3v) is 5.71. The van der Waals surface area contributed by atoms with Gasteiger partial charge in [-0.05, 0) is 39.7 Å². The average Bonchev–Trinajstić information content (AvgIpc) is 2.67. The fraction of sp³-hybridized carbons (Fsp3) is 0.667. The van der Waals surface area contributed by atoms with Crippen LogP contribution in [0.5, 0.6) is 0 Å². The number of hydrogen-bond acceptors (Lipinski definition) is 5. The van der Waals surface area contributed by atoms with Crippen molar-refractivity contribution in [3.63, 3.8) is 0 Å². The van der Waals surface area contributed by atoms with Gasteiger partial charge in [0.25, 0.3) is 0 Å². The van der Waals surface area contributed by atoms with Crippen molar-refractivity contribution in [2.45, 2.75) is 53.6 Å². The normalized spacial score (nSPS) is 11.9. The van der Waals surface area contributed by atoms with E-state index in [1.807, 2.05) is 12.1 Å². The molecular formula is C21H38BN2O4+. The second-order valence-corrected chi connectivity index (χ2v) is 7.66. The van der Waals surface area contributed by atoms with Gasteiger partial charge < -0.3 is 24.2 Å². The number of benzene rings is 1. The number of carbonyl (C=O) groups excluding carboxylic acids is 1. The van der Waals surface area contributed by atoms with Gasteiger partial charge in [-0.2, -0.15) is 0 Å². The summed E-state index contributed by atoms with van der Waals surface area (Å²) in [5.74, 6) is -0.134. The van der Waals surface area contributed by atoms with Crippen molar-refractivity contribution in [2.24, 2.45) is 0 Å². The molecule has 1 rings (SSSR count). The Morgan fingerprint density at radius 2 is 1.75 bits per heavy atom. The van der Waals surface area contributed by atoms with Gasteiger partial charge in [-0.25, -0.2) is 0 Å². The van der Waals surface area contributed by atoms with Gasteiger partial charge in [-0.15, -0.1) is 0 Å². The lowest BCUT2D eigenvalue weighted by Gasteiger charge is -2.36. The summed E-state index contributed by atoms with van der Waals surface area (Å²) in [6.45, 7) is 16.2. The molecule has 158 valence electrons. The van der Waals surface area contributed by atoms with E-state index in [-0.39, 0.29) is 5.97 Å². The van der Waals surface area contributed by atoms with Gasteiger partial charge in [0.15, 0.2) is 0 Å². The summed E-state index contributed by atoms with van der Waals surface area (Å²) in [4.78, 5) is 14.4. The number of esters is 1. The predicted molar refractivity (Wildman–Crippen MR) is 114 cm³/mol. The Morgan fingerprint density at radius 1 is 1.14 bits per heavy atom. The van der Waals surface area contributed by atoms with Crippen molar-refractivity contribution in [3.05, 3.63) is 29.8 Å². The van der Waals surface area contributed by atoms with Crippen LogP contribution < -0.4 is 5.46 Å². The maximum atomic E-state index is 12.1. The number of rotatable bonds is 13. The van der Waals surface area contributed by atoms with E-state index in [0.717, 1.165) is 49.3 Å². The molecule has 0 fully saturated rings. The van der Waals surface area contributed by atoms with E-state index < -0.39 is 7.12 Å². The molecule has 0 bridgehead atoms. The van der Waals surface area contributed by atoms with Crippen LogP contribution >= 0.6 is 0 Å². The highest BCUT2D eigenvalue weighted by Gasteiger charge is 2.24. The molecule has 0 atom stereocenters. The molecule has 0 aromatic heterocycles. The molecule has 2 N–H and O–H groups in total. The molecule has 0 unspecified atom stereocenters. The van der Waals surface area contributed by atoms with Crippen molar-refractivity contribution in [1.29, 1.82) is 0 Å². The van der Waals surface area contributed by atoms with Gasteiger partial charge in [0.05, 0.1) is 19.5 Å². The fourth-order valence-electron chi connectivity index (χ4n) is 3.47. The molecule has 6 nitrogen and oxygen atoms in total. The average molecular weight is 393 g/mol. The van der Waals surface area contributed by atoms with Gasteiger partial charge >= 0.3 is 13.1 Å². The van der Waals surface area contributed by atoms with Crippen molar-refractivity contribution in [3.8, 4) is 0 Å². The van der Waals surface area contributed by atoms with Gasteiger partial charge in [0.2, 0.25) is 0 Å². The maximum Gasteiger partial charge on any atom is 0.488 e. The smallest absolute Gasteiger partial charge is 0.460 e. The SMILES string of the molecule is CCN(CCC(=O)OCC[N+](CC)(CC)Cc1ccc(B(O)O)cc1)C(C)C. The molecular weight excluding hydrogens is 355 g/mol. The molecule has 0 saturated heterocycles. The Hall–Kier alpha value is -1.41. The summed E-state index contributed by atoms with van der Waals surface area (Å²) in [6, 6.07) is 7.79. The lowest BCUT2D eigenvalue weighted by molar-refractivity contribution is -0.937. The minimum atomic E-state index is -1.44. The lowest BCUT2D eigenvalue weighted by Crippen LogP contribution is -2.49. The Bertz CT molecular complexity index is 574. The van der Waals surface area contributed by atoms with E-state index in [9.17, 15) is 14.8 Å². The summed E-state index contributed by atoms with van der Waals surface area (Å²) < 4.78 is 6.34. The summed E-state index contributed by atoms with van der Waals surface area (Å²) in [5, 5.41) is 18.5. The monoisotopic (exact) mass is 393 g/mol. The van der Waals surface area contributed by atoms with Crippen LogP contribution in [0.15, 0.2) is 24.3 Å². The number of carbonyl (C=O) groups is 1. The Labute approximate surface area is 170 Å². The second kappa shape index (κ2) is 12.2. The Balaban J connectivity index is 2.55. The minimum Gasteiger partial charge on any atom is -0.460 e. The van der Waals surface area contributed by atoms with E-state index in [0.29, 0.717) is 24.5 Å². The molecule has 0 aliphatic carbocycles. The number of ether oxygens (including phenoxy) is 1. The zero-order valence-corrected chi connectivity index (χ0v) is 18.2. The number of nitrogens with zero attached hydrogens (tertiary/aromatic N) is 2. The van der Waals surface area contributed by atoms with Crippen molar-refractivity contribution in [1.82, 2.24) is 4.90 Å². The molecule has 0 heterocycles. The van der Waals surface area contributed by atoms with Crippen molar-refractivity contribution < 1.29 is 24.1 Å². The summed E-state index contributed by atoms with van der Waals surface area (Å²) in [6.07, 6.45) is 0.426. The van der Waals surface area contributed by atoms with Crippen LogP contribution in [0.1, 0.15) is 46.6 Å². The molecule has 0 aliphatic rings. The summed E-state index contributed by atoms with van der Waals surface area (Å²) >= 11 is 0. The highest BCUT2D eigenvalue weighted by molar-refractivity contribution is 6.58. The first-order valence-electron chi connectivity index (χ1n) is 10.5. The second-order valence-electron chi connectivity index (χ2n) is 7.66. The Kier molecular flexibility index (Phi) is 10.8. The maximum absolute atomic E-state index is 12.1. The zero-order valence-electron chi connectivity index (χ0n) is 18.2. The summed E-state index contributed by atoms with van der Waals surface area (Å²) in [7, 11) is -1.44. The highest BCUT2D eigenvalue weighted by atomic mass is 16.5. The van der Waals surface area contributed by atoms with Crippen LogP contribution in [-0.2, 0) is 16.1 Å². The van der Waals surface area contributed by atoms with E-state index in [4.69, 9.17) is 4.74 Å². The van der Waals surface area contributed by atoms with Gasteiger partial charge in [0, 0.05) is 18.2 Å². The number of likely N-dealkylation sites (N-methyl/N-ethyl adjacent to an activating group) is 1. The number of hydrogen-bond donors (Lipinski definition) is 2. The standard InChI is InChI=1S/C21H38BN2O4/c1-6-23(18(4)5)14-13-21(25)28-16-15-24(7-2,8-3)17-19-9-11-20(12-10-19)22(26)27/h9-12,18,26-27H,6-8,13-17H2,1-5H3/q+1. The predicted octanol–water partition coefficient (Wildman–Crippen LogP) is 1.39. The van der Waals surface area contributed by atoms with Crippen LogP contribution in [0, 0.1) is 0 Å². The quantitative estimate of drug-likeness (QED) is 0.301. The van der Waals surface area contributed by atoms with Gasteiger partial charge in [-0.3, -0.25) is 4.79 Å². The summed E-state index contributed by atoms with van der Waals surface area (Å²) in [5.41, 5.74) is 1.63. The third-order valence-electron chi connectivity index (χ3n) is 5.71. The zero-order chi connectivity index (χ0) is 21.2. The van der Waals surface area contributed by atoms with E-state index in [1.54, 1.807) is 12.1 Å². The van der Waals surface area contributed by atoms with Crippen LogP contribution in [0.4, 0.5) is 0 Å². The molecule has 1 aromatic rings. The third kappa shape index (κ3) is 7.91. The first-order chi connectivity index (χ1) is 13.3. The Morgan fingerprint density at radius 3 is 2.21 bits per heavy atom. The van der Waals surface area contributed by atoms with Crippen molar-refractivity contribution >= 4 is 18.6 Å². The van der Waals surface area contributed by atoms with E-state index >= 15 is 0 Å². The van der Waals surface area contributed by atoms with Crippen LogP contribution in [0.3, 0.4) is 0 Å². The van der Waals surface area contributed by atoms with Crippen LogP contribution in [0.25, 0.3) is 0 Å². The fourth-order valence-corrected chi connectivity index (χ4v) is 3.47. The molecule has 0 aliphatic heterocycles. The van der Waals surface area contributed by atoms with E-state index in [1.165, 1.54) is 0 Å². The van der Waals surface area contributed by atoms with Crippen LogP contribution in [0.2, 0.25) is 0 Å².